The van der Waals surface area contributed by atoms with Crippen molar-refractivity contribution in [3.05, 3.63) is 59.6 Å². The van der Waals surface area contributed by atoms with Gasteiger partial charge in [0.2, 0.25) is 0 Å². The van der Waals surface area contributed by atoms with Gasteiger partial charge in [-0.15, -0.1) is 0 Å². The lowest BCUT2D eigenvalue weighted by molar-refractivity contribution is -0.234. The van der Waals surface area contributed by atoms with Crippen LogP contribution >= 0.6 is 0 Å². The minimum Gasteiger partial charge on any atom is -0.496 e. The summed E-state index contributed by atoms with van der Waals surface area (Å²) < 4.78 is 75.1. The van der Waals surface area contributed by atoms with E-state index in [2.05, 4.69) is 15.0 Å². The SMILES string of the molecule is COc1ccc(F)cc1C(C)(C)CC(O)(C=Nc1cc(F)cc2nc(C)ncc12)C(F)(F)F. The maximum Gasteiger partial charge on any atom is 0.422 e. The fourth-order valence-corrected chi connectivity index (χ4v) is 3.66. The molecule has 0 aliphatic heterocycles. The number of hydrogen-bond donors (Lipinski definition) is 1. The molecule has 5 nitrogen and oxygen atoms in total. The van der Waals surface area contributed by atoms with Crippen LogP contribution in [-0.4, -0.2) is 40.2 Å². The number of rotatable bonds is 6. The molecule has 0 bridgehead atoms. The molecule has 3 aromatic rings. The second-order valence-corrected chi connectivity index (χ2v) is 8.36. The van der Waals surface area contributed by atoms with E-state index in [9.17, 15) is 27.1 Å². The maximum atomic E-state index is 14.0. The molecule has 1 atom stereocenters. The van der Waals surface area contributed by atoms with Gasteiger partial charge in [-0.1, -0.05) is 13.8 Å². The Labute approximate surface area is 187 Å². The summed E-state index contributed by atoms with van der Waals surface area (Å²) in [5.41, 5.74) is -4.68. The van der Waals surface area contributed by atoms with Gasteiger partial charge >= 0.3 is 6.18 Å². The second kappa shape index (κ2) is 8.66. The van der Waals surface area contributed by atoms with E-state index in [1.807, 2.05) is 0 Å². The summed E-state index contributed by atoms with van der Waals surface area (Å²) in [5, 5.41) is 10.9. The van der Waals surface area contributed by atoms with Crippen molar-refractivity contribution in [2.45, 2.75) is 44.4 Å². The first-order valence-corrected chi connectivity index (χ1v) is 9.87. The molecule has 176 valence electrons. The Morgan fingerprint density at radius 2 is 1.79 bits per heavy atom. The Bertz CT molecular complexity index is 1210. The van der Waals surface area contributed by atoms with E-state index in [1.165, 1.54) is 33.2 Å². The molecule has 0 radical (unpaired) electrons. The van der Waals surface area contributed by atoms with E-state index >= 15 is 0 Å². The highest BCUT2D eigenvalue weighted by atomic mass is 19.4. The molecular weight excluding hydrogens is 445 g/mol. The monoisotopic (exact) mass is 467 g/mol. The van der Waals surface area contributed by atoms with Gasteiger partial charge in [0.1, 0.15) is 23.2 Å². The third-order valence-corrected chi connectivity index (χ3v) is 5.27. The maximum absolute atomic E-state index is 14.0. The molecular formula is C23H22F5N3O2. The number of aliphatic imine (C=N–C) groups is 1. The Morgan fingerprint density at radius 3 is 2.42 bits per heavy atom. The average Bonchev–Trinajstić information content (AvgIpc) is 2.70. The zero-order chi connectivity index (χ0) is 24.6. The number of hydrogen-bond acceptors (Lipinski definition) is 5. The molecule has 1 aromatic heterocycles. The number of aliphatic hydroxyl groups is 1. The third kappa shape index (κ3) is 5.11. The van der Waals surface area contributed by atoms with Crippen LogP contribution in [0.15, 0.2) is 41.5 Å². The number of benzene rings is 2. The number of alkyl halides is 3. The number of halogens is 5. The van der Waals surface area contributed by atoms with Gasteiger partial charge in [0.25, 0.3) is 0 Å². The zero-order valence-corrected chi connectivity index (χ0v) is 18.3. The molecule has 0 aliphatic carbocycles. The Hall–Kier alpha value is -3.14. The van der Waals surface area contributed by atoms with Crippen molar-refractivity contribution in [1.82, 2.24) is 9.97 Å². The second-order valence-electron chi connectivity index (χ2n) is 8.36. The van der Waals surface area contributed by atoms with Crippen LogP contribution in [0.1, 0.15) is 31.7 Å². The van der Waals surface area contributed by atoms with Crippen LogP contribution in [0.4, 0.5) is 27.6 Å². The topological polar surface area (TPSA) is 67.6 Å². The summed E-state index contributed by atoms with van der Waals surface area (Å²) in [6, 6.07) is 5.52. The Balaban J connectivity index is 2.07. The van der Waals surface area contributed by atoms with Gasteiger partial charge in [-0.25, -0.2) is 18.7 Å². The first kappa shape index (κ1) is 24.5. The van der Waals surface area contributed by atoms with Crippen molar-refractivity contribution in [2.75, 3.05) is 7.11 Å². The molecule has 1 unspecified atom stereocenters. The van der Waals surface area contributed by atoms with Crippen LogP contribution in [0.3, 0.4) is 0 Å². The number of ether oxygens (including phenoxy) is 1. The lowest BCUT2D eigenvalue weighted by Crippen LogP contribution is -2.50. The van der Waals surface area contributed by atoms with Crippen molar-refractivity contribution in [3.63, 3.8) is 0 Å². The Kier molecular flexibility index (Phi) is 6.43. The van der Waals surface area contributed by atoms with E-state index < -0.39 is 35.2 Å². The highest BCUT2D eigenvalue weighted by Gasteiger charge is 2.55. The van der Waals surface area contributed by atoms with Gasteiger partial charge in [-0.2, -0.15) is 13.2 Å². The molecule has 0 saturated carbocycles. The van der Waals surface area contributed by atoms with Crippen molar-refractivity contribution in [3.8, 4) is 5.75 Å². The molecule has 0 fully saturated rings. The van der Waals surface area contributed by atoms with Crippen molar-refractivity contribution in [1.29, 1.82) is 0 Å². The summed E-state index contributed by atoms with van der Waals surface area (Å²) in [6.07, 6.45) is -4.40. The van der Waals surface area contributed by atoms with Gasteiger partial charge in [0.15, 0.2) is 5.60 Å². The van der Waals surface area contributed by atoms with Crippen molar-refractivity contribution < 1.29 is 31.8 Å². The molecule has 3 rings (SSSR count). The predicted molar refractivity (Wildman–Crippen MR) is 114 cm³/mol. The number of methoxy groups -OCH3 is 1. The van der Waals surface area contributed by atoms with Gasteiger partial charge in [0, 0.05) is 35.5 Å². The lowest BCUT2D eigenvalue weighted by atomic mass is 9.74. The standard InChI is InChI=1S/C23H22F5N3O2/c1-13-29-10-16-18(8-15(25)9-19(16)31-13)30-12-22(32,23(26,27)28)11-21(2,3)17-7-14(24)5-6-20(17)33-4/h5-10,12,32H,11H2,1-4H3. The number of fused-ring (bicyclic) bond motifs is 1. The predicted octanol–water partition coefficient (Wildman–Crippen LogP) is 5.59. The number of nitrogens with zero attached hydrogens (tertiary/aromatic N) is 3. The van der Waals surface area contributed by atoms with Gasteiger partial charge in [-0.05, 0) is 37.0 Å². The normalized spacial score (nSPS) is 14.6. The molecule has 0 aliphatic rings. The summed E-state index contributed by atoms with van der Waals surface area (Å²) in [4.78, 5) is 11.8. The molecule has 33 heavy (non-hydrogen) atoms. The van der Waals surface area contributed by atoms with E-state index in [0.717, 1.165) is 24.3 Å². The first-order chi connectivity index (χ1) is 15.3. The van der Waals surface area contributed by atoms with Gasteiger partial charge < -0.3 is 9.84 Å². The largest absolute Gasteiger partial charge is 0.496 e. The smallest absolute Gasteiger partial charge is 0.422 e. The first-order valence-electron chi connectivity index (χ1n) is 9.87. The molecule has 0 amide bonds. The van der Waals surface area contributed by atoms with Gasteiger partial charge in [0.05, 0.1) is 18.3 Å². The molecule has 2 aromatic carbocycles. The average molecular weight is 467 g/mol. The quantitative estimate of drug-likeness (QED) is 0.379. The summed E-state index contributed by atoms with van der Waals surface area (Å²) in [6.45, 7) is 4.42. The fourth-order valence-electron chi connectivity index (χ4n) is 3.66. The number of aryl methyl sites for hydroxylation is 1. The molecule has 1 N–H and O–H groups in total. The summed E-state index contributed by atoms with van der Waals surface area (Å²) in [5.74, 6) is -0.898. The molecule has 1 heterocycles. The van der Waals surface area contributed by atoms with Crippen LogP contribution in [0.2, 0.25) is 0 Å². The molecule has 10 heteroatoms. The number of aromatic nitrogens is 2. The summed E-state index contributed by atoms with van der Waals surface area (Å²) in [7, 11) is 1.31. The van der Waals surface area contributed by atoms with E-state index in [1.54, 1.807) is 6.92 Å². The van der Waals surface area contributed by atoms with Crippen molar-refractivity contribution >= 4 is 22.8 Å². The highest BCUT2D eigenvalue weighted by molar-refractivity contribution is 5.91. The Morgan fingerprint density at radius 1 is 1.09 bits per heavy atom. The summed E-state index contributed by atoms with van der Waals surface area (Å²) >= 11 is 0. The molecule has 0 saturated heterocycles. The minimum absolute atomic E-state index is 0.140. The van der Waals surface area contributed by atoms with Crippen molar-refractivity contribution in [2.24, 2.45) is 4.99 Å². The van der Waals surface area contributed by atoms with E-state index in [0.29, 0.717) is 12.0 Å². The van der Waals surface area contributed by atoms with Crippen LogP contribution in [0.25, 0.3) is 10.9 Å². The zero-order valence-electron chi connectivity index (χ0n) is 18.3. The van der Waals surface area contributed by atoms with E-state index in [4.69, 9.17) is 4.74 Å². The van der Waals surface area contributed by atoms with Gasteiger partial charge in [-0.3, -0.25) is 4.99 Å². The van der Waals surface area contributed by atoms with Crippen LogP contribution in [-0.2, 0) is 5.41 Å². The fraction of sp³-hybridized carbons (Fsp3) is 0.348. The van der Waals surface area contributed by atoms with E-state index in [-0.39, 0.29) is 27.9 Å². The van der Waals surface area contributed by atoms with Crippen LogP contribution in [0, 0.1) is 18.6 Å². The third-order valence-electron chi connectivity index (χ3n) is 5.27. The highest BCUT2D eigenvalue weighted by Crippen LogP contribution is 2.43. The van der Waals surface area contributed by atoms with Crippen LogP contribution in [0.5, 0.6) is 5.75 Å². The lowest BCUT2D eigenvalue weighted by Gasteiger charge is -2.36. The van der Waals surface area contributed by atoms with Crippen LogP contribution < -0.4 is 4.74 Å². The molecule has 0 spiro atoms. The minimum atomic E-state index is -5.13.